The molecule has 2 aliphatic rings. The molecule has 0 aromatic carbocycles. The van der Waals surface area contributed by atoms with Gasteiger partial charge in [0, 0.05) is 5.92 Å². The fraction of sp³-hybridized carbons (Fsp3) is 0.500. The maximum Gasteiger partial charge on any atom is 0.443 e. The largest absolute Gasteiger partial charge is 0.443 e. The zero-order valence-electron chi connectivity index (χ0n) is 8.16. The lowest BCUT2D eigenvalue weighted by Gasteiger charge is -2.41. The topological polar surface area (TPSA) is 29.5 Å². The molecule has 4 heteroatoms. The van der Waals surface area contributed by atoms with E-state index in [9.17, 15) is 9.28 Å². The Labute approximate surface area is 81.8 Å². The maximum atomic E-state index is 13.3. The Balaban J connectivity index is 2.39. The fourth-order valence-electron chi connectivity index (χ4n) is 1.90. The lowest BCUT2D eigenvalue weighted by molar-refractivity contribution is -0.0880. The van der Waals surface area contributed by atoms with E-state index in [-0.39, 0.29) is 11.0 Å². The molecule has 1 atom stereocenters. The molecule has 0 spiro atoms. The quantitative estimate of drug-likeness (QED) is 0.558. The molecule has 0 N–H and O–H groups in total. The van der Waals surface area contributed by atoms with Gasteiger partial charge in [-0.1, -0.05) is 16.6 Å². The molecule has 0 radical (unpaired) electrons. The van der Waals surface area contributed by atoms with Crippen molar-refractivity contribution in [3.8, 4) is 0 Å². The van der Waals surface area contributed by atoms with Gasteiger partial charge in [0.25, 0.3) is 0 Å². The Morgan fingerprint density at radius 3 is 3.07 bits per heavy atom. The standard InChI is InChI=1S/C10H12FNO2/c1-10(2)7-5-3-4-6-8(7)12(11)9(13)14-10/h3-4,6-7H,5H2,1-2H3. The Hall–Kier alpha value is -1.32. The molecule has 1 heterocycles. The van der Waals surface area contributed by atoms with Gasteiger partial charge in [-0.2, -0.15) is 0 Å². The van der Waals surface area contributed by atoms with E-state index in [0.29, 0.717) is 12.1 Å². The summed E-state index contributed by atoms with van der Waals surface area (Å²) in [7, 11) is 0. The van der Waals surface area contributed by atoms with Crippen LogP contribution in [0.15, 0.2) is 23.9 Å². The van der Waals surface area contributed by atoms with Gasteiger partial charge < -0.3 is 4.74 Å². The van der Waals surface area contributed by atoms with Crippen LogP contribution < -0.4 is 0 Å². The minimum atomic E-state index is -0.923. The molecule has 1 aliphatic heterocycles. The molecule has 0 saturated carbocycles. The second-order valence-electron chi connectivity index (χ2n) is 4.06. The third-order valence-corrected chi connectivity index (χ3v) is 2.71. The van der Waals surface area contributed by atoms with E-state index in [1.54, 1.807) is 26.0 Å². The van der Waals surface area contributed by atoms with Crippen molar-refractivity contribution in [1.29, 1.82) is 0 Å². The minimum absolute atomic E-state index is 0.0878. The molecule has 2 rings (SSSR count). The van der Waals surface area contributed by atoms with Gasteiger partial charge in [-0.05, 0) is 26.3 Å². The zero-order valence-corrected chi connectivity index (χ0v) is 8.16. The number of rotatable bonds is 0. The SMILES string of the molecule is CC1(C)OC(=O)N(F)C2=CC=CCC21. The summed E-state index contributed by atoms with van der Waals surface area (Å²) in [5.41, 5.74) is -0.232. The van der Waals surface area contributed by atoms with Gasteiger partial charge in [0.1, 0.15) is 5.60 Å². The second kappa shape index (κ2) is 2.83. The fourth-order valence-corrected chi connectivity index (χ4v) is 1.90. The van der Waals surface area contributed by atoms with Crippen molar-refractivity contribution in [2.75, 3.05) is 0 Å². The van der Waals surface area contributed by atoms with Crippen molar-refractivity contribution in [2.24, 2.45) is 5.92 Å². The van der Waals surface area contributed by atoms with Crippen LogP contribution in [-0.2, 0) is 4.74 Å². The van der Waals surface area contributed by atoms with E-state index < -0.39 is 11.7 Å². The highest BCUT2D eigenvalue weighted by atomic mass is 19.2. The monoisotopic (exact) mass is 197 g/mol. The molecule has 1 fully saturated rings. The number of fused-ring (bicyclic) bond motifs is 1. The van der Waals surface area contributed by atoms with Crippen LogP contribution in [0.5, 0.6) is 0 Å². The van der Waals surface area contributed by atoms with Crippen molar-refractivity contribution in [3.63, 3.8) is 0 Å². The van der Waals surface area contributed by atoms with Gasteiger partial charge >= 0.3 is 6.09 Å². The van der Waals surface area contributed by atoms with E-state index in [1.165, 1.54) is 0 Å². The number of nitrogens with zero attached hydrogens (tertiary/aromatic N) is 1. The third-order valence-electron chi connectivity index (χ3n) is 2.71. The molecule has 0 aromatic rings. The smallest absolute Gasteiger partial charge is 0.441 e. The number of carbonyl (C=O) groups is 1. The maximum absolute atomic E-state index is 13.3. The van der Waals surface area contributed by atoms with Gasteiger partial charge in [-0.3, -0.25) is 0 Å². The van der Waals surface area contributed by atoms with Gasteiger partial charge in [-0.15, -0.1) is 5.12 Å². The molecule has 1 aliphatic carbocycles. The zero-order chi connectivity index (χ0) is 10.3. The van der Waals surface area contributed by atoms with Crippen molar-refractivity contribution in [3.05, 3.63) is 23.9 Å². The summed E-state index contributed by atoms with van der Waals surface area (Å²) in [4.78, 5) is 11.1. The molecule has 0 bridgehead atoms. The van der Waals surface area contributed by atoms with Crippen LogP contribution in [-0.4, -0.2) is 16.8 Å². The summed E-state index contributed by atoms with van der Waals surface area (Å²) in [5.74, 6) is -0.0878. The summed E-state index contributed by atoms with van der Waals surface area (Å²) < 4.78 is 18.3. The number of halogens is 1. The number of hydrogen-bond acceptors (Lipinski definition) is 2. The number of amides is 1. The van der Waals surface area contributed by atoms with Crippen molar-refractivity contribution < 1.29 is 14.0 Å². The molecule has 3 nitrogen and oxygen atoms in total. The summed E-state index contributed by atoms with van der Waals surface area (Å²) in [5, 5.41) is 0.0966. The van der Waals surface area contributed by atoms with Crippen molar-refractivity contribution in [2.45, 2.75) is 25.9 Å². The van der Waals surface area contributed by atoms with Crippen LogP contribution in [0.25, 0.3) is 0 Å². The van der Waals surface area contributed by atoms with E-state index in [2.05, 4.69) is 0 Å². The summed E-state index contributed by atoms with van der Waals surface area (Å²) >= 11 is 0. The summed E-state index contributed by atoms with van der Waals surface area (Å²) in [6, 6.07) is 0. The molecule has 1 unspecified atom stereocenters. The van der Waals surface area contributed by atoms with Crippen LogP contribution in [0.1, 0.15) is 20.3 Å². The highest BCUT2D eigenvalue weighted by molar-refractivity contribution is 5.71. The number of carbonyl (C=O) groups excluding carboxylic acids is 1. The number of cyclic esters (lactones) is 1. The highest BCUT2D eigenvalue weighted by Gasteiger charge is 2.45. The Morgan fingerprint density at radius 1 is 1.64 bits per heavy atom. The molecule has 76 valence electrons. The van der Waals surface area contributed by atoms with E-state index in [0.717, 1.165) is 0 Å². The highest BCUT2D eigenvalue weighted by Crippen LogP contribution is 2.40. The van der Waals surface area contributed by atoms with Gasteiger partial charge in [0.2, 0.25) is 0 Å². The van der Waals surface area contributed by atoms with Gasteiger partial charge in [0.05, 0.1) is 5.70 Å². The lowest BCUT2D eigenvalue weighted by Crippen LogP contribution is -2.49. The molecule has 1 saturated heterocycles. The third kappa shape index (κ3) is 1.22. The molecule has 1 amide bonds. The molecular weight excluding hydrogens is 185 g/mol. The first-order chi connectivity index (χ1) is 6.52. The normalized spacial score (nSPS) is 29.4. The van der Waals surface area contributed by atoms with E-state index in [1.807, 2.05) is 6.08 Å². The lowest BCUT2D eigenvalue weighted by atomic mass is 9.82. The Morgan fingerprint density at radius 2 is 2.36 bits per heavy atom. The first-order valence-corrected chi connectivity index (χ1v) is 4.58. The average Bonchev–Trinajstić information content (AvgIpc) is 2.14. The summed E-state index contributed by atoms with van der Waals surface area (Å²) in [6.45, 7) is 3.60. The molecular formula is C10H12FNO2. The van der Waals surface area contributed by atoms with Crippen LogP contribution >= 0.6 is 0 Å². The number of allylic oxidation sites excluding steroid dienone is 3. The number of ether oxygens (including phenoxy) is 1. The van der Waals surface area contributed by atoms with E-state index >= 15 is 0 Å². The van der Waals surface area contributed by atoms with Crippen LogP contribution in [0.4, 0.5) is 9.28 Å². The first-order valence-electron chi connectivity index (χ1n) is 4.58. The van der Waals surface area contributed by atoms with E-state index in [4.69, 9.17) is 4.74 Å². The predicted octanol–water partition coefficient (Wildman–Crippen LogP) is 2.56. The summed E-state index contributed by atoms with van der Waals surface area (Å²) in [6.07, 6.45) is 5.10. The number of hydrogen-bond donors (Lipinski definition) is 0. The minimum Gasteiger partial charge on any atom is -0.441 e. The van der Waals surface area contributed by atoms with Crippen LogP contribution in [0.3, 0.4) is 0 Å². The van der Waals surface area contributed by atoms with Crippen molar-refractivity contribution >= 4 is 6.09 Å². The average molecular weight is 197 g/mol. The molecule has 14 heavy (non-hydrogen) atoms. The predicted molar refractivity (Wildman–Crippen MR) is 48.8 cm³/mol. The Bertz CT molecular complexity index is 333. The second-order valence-corrected chi connectivity index (χ2v) is 4.06. The van der Waals surface area contributed by atoms with Gasteiger partial charge in [-0.25, -0.2) is 4.79 Å². The van der Waals surface area contributed by atoms with Crippen LogP contribution in [0.2, 0.25) is 0 Å². The first kappa shape index (κ1) is 9.24. The Kier molecular flexibility index (Phi) is 1.87. The van der Waals surface area contributed by atoms with Crippen molar-refractivity contribution in [1.82, 2.24) is 5.12 Å². The molecule has 0 aromatic heterocycles. The van der Waals surface area contributed by atoms with Gasteiger partial charge in [0.15, 0.2) is 0 Å². The van der Waals surface area contributed by atoms with Crippen LogP contribution in [0, 0.1) is 5.92 Å².